The molecule has 0 fully saturated rings. The van der Waals surface area contributed by atoms with E-state index in [1.807, 2.05) is 45.0 Å². The van der Waals surface area contributed by atoms with Crippen molar-refractivity contribution in [1.29, 1.82) is 0 Å². The Morgan fingerprint density at radius 1 is 1.02 bits per heavy atom. The fourth-order valence-corrected chi connectivity index (χ4v) is 4.44. The van der Waals surface area contributed by atoms with Gasteiger partial charge in [-0.3, -0.25) is 9.59 Å². The van der Waals surface area contributed by atoms with Crippen LogP contribution in [0.25, 0.3) is 0 Å². The number of nitrogens with two attached hydrogens (primary N) is 1. The first kappa shape index (κ1) is 32.7. The molecule has 0 aliphatic rings. The van der Waals surface area contributed by atoms with Gasteiger partial charge in [0, 0.05) is 48.2 Å². The second-order valence-corrected chi connectivity index (χ2v) is 10.2. The maximum Gasteiger partial charge on any atom is 0.306 e. The van der Waals surface area contributed by atoms with E-state index in [0.717, 1.165) is 22.4 Å². The van der Waals surface area contributed by atoms with Crippen LogP contribution in [0.4, 0.5) is 17.1 Å². The number of anilines is 3. The number of carbonyl (C=O) groups is 2. The number of esters is 1. The number of aryl methyl sites for hydroxylation is 1. The summed E-state index contributed by atoms with van der Waals surface area (Å²) in [5.74, 6) is 0.00205. The number of rotatable bonds is 15. The van der Waals surface area contributed by atoms with Crippen molar-refractivity contribution in [3.05, 3.63) is 82.4 Å². The van der Waals surface area contributed by atoms with Crippen molar-refractivity contribution in [1.82, 2.24) is 0 Å². The van der Waals surface area contributed by atoms with Gasteiger partial charge in [-0.15, -0.1) is 0 Å². The zero-order chi connectivity index (χ0) is 31.4. The van der Waals surface area contributed by atoms with Gasteiger partial charge in [0.2, 0.25) is 0 Å². The number of hydrogen-bond acceptors (Lipinski definition) is 9. The number of ether oxygens (including phenoxy) is 2. The summed E-state index contributed by atoms with van der Waals surface area (Å²) in [5.41, 5.74) is 11.2. The largest absolute Gasteiger partial charge is 0.491 e. The predicted molar refractivity (Wildman–Crippen MR) is 168 cm³/mol. The molecule has 0 aliphatic carbocycles. The monoisotopic (exact) mass is 591 g/mol. The molecule has 230 valence electrons. The smallest absolute Gasteiger partial charge is 0.306 e. The molecule has 3 aromatic rings. The van der Waals surface area contributed by atoms with Crippen LogP contribution in [-0.4, -0.2) is 53.9 Å². The Morgan fingerprint density at radius 2 is 1.77 bits per heavy atom. The standard InChI is InChI=1S/C32H41N5O6/c1-5-42-30(39)13-11-26-23(17-25(34-14-15-38)18-29(26)43-20(2)3)19-35-28-12-6-21(4)16-27(28)32(40)36-24-9-7-22(8-10-24)31(33)37-41/h6-10,12,16-18,20,34-35,38,41H,5,11,13-15,19H2,1-4H3,(H2,33,37)(H,36,40). The molecule has 3 aromatic carbocycles. The Bertz CT molecular complexity index is 1420. The average molecular weight is 592 g/mol. The van der Waals surface area contributed by atoms with Crippen LogP contribution in [0.3, 0.4) is 0 Å². The molecule has 0 radical (unpaired) electrons. The Hall–Kier alpha value is -4.77. The third kappa shape index (κ3) is 9.64. The van der Waals surface area contributed by atoms with E-state index >= 15 is 0 Å². The van der Waals surface area contributed by atoms with Gasteiger partial charge in [0.25, 0.3) is 5.91 Å². The zero-order valence-corrected chi connectivity index (χ0v) is 25.1. The Labute approximate surface area is 252 Å². The van der Waals surface area contributed by atoms with Crippen molar-refractivity contribution >= 4 is 34.8 Å². The van der Waals surface area contributed by atoms with E-state index in [-0.39, 0.29) is 36.8 Å². The highest BCUT2D eigenvalue weighted by Crippen LogP contribution is 2.31. The number of oxime groups is 1. The molecule has 3 rings (SSSR count). The number of nitrogens with zero attached hydrogens (tertiary/aromatic N) is 1. The fourth-order valence-electron chi connectivity index (χ4n) is 4.44. The van der Waals surface area contributed by atoms with Gasteiger partial charge in [-0.25, -0.2) is 0 Å². The van der Waals surface area contributed by atoms with Crippen LogP contribution in [0, 0.1) is 6.92 Å². The number of carbonyl (C=O) groups excluding carboxylic acids is 2. The highest BCUT2D eigenvalue weighted by atomic mass is 16.5. The van der Waals surface area contributed by atoms with Gasteiger partial charge in [0.1, 0.15) is 5.75 Å². The average Bonchev–Trinajstić information content (AvgIpc) is 2.98. The Balaban J connectivity index is 1.91. The lowest BCUT2D eigenvalue weighted by Crippen LogP contribution is -2.17. The second-order valence-electron chi connectivity index (χ2n) is 10.2. The van der Waals surface area contributed by atoms with Gasteiger partial charge in [-0.05, 0) is 87.7 Å². The van der Waals surface area contributed by atoms with E-state index in [1.165, 1.54) is 0 Å². The summed E-state index contributed by atoms with van der Waals surface area (Å²) in [5, 5.41) is 30.7. The van der Waals surface area contributed by atoms with Crippen molar-refractivity contribution in [2.24, 2.45) is 10.9 Å². The molecular weight excluding hydrogens is 550 g/mol. The number of nitrogens with one attached hydrogen (secondary N) is 3. The summed E-state index contributed by atoms with van der Waals surface area (Å²) >= 11 is 0. The lowest BCUT2D eigenvalue weighted by Gasteiger charge is -2.21. The lowest BCUT2D eigenvalue weighted by molar-refractivity contribution is -0.143. The van der Waals surface area contributed by atoms with Crippen molar-refractivity contribution in [2.45, 2.75) is 53.2 Å². The third-order valence-corrected chi connectivity index (χ3v) is 6.42. The van der Waals surface area contributed by atoms with Crippen LogP contribution >= 0.6 is 0 Å². The zero-order valence-electron chi connectivity index (χ0n) is 25.1. The van der Waals surface area contributed by atoms with Crippen molar-refractivity contribution < 1.29 is 29.4 Å². The molecular formula is C32H41N5O6. The minimum absolute atomic E-state index is 0.0257. The summed E-state index contributed by atoms with van der Waals surface area (Å²) in [6, 6.07) is 16.0. The molecule has 43 heavy (non-hydrogen) atoms. The van der Waals surface area contributed by atoms with E-state index in [1.54, 1.807) is 37.3 Å². The van der Waals surface area contributed by atoms with Crippen LogP contribution in [0.2, 0.25) is 0 Å². The first-order valence-electron chi connectivity index (χ1n) is 14.2. The molecule has 0 aromatic heterocycles. The van der Waals surface area contributed by atoms with E-state index < -0.39 is 0 Å². The summed E-state index contributed by atoms with van der Waals surface area (Å²) < 4.78 is 11.3. The molecule has 7 N–H and O–H groups in total. The number of hydrogen-bond donors (Lipinski definition) is 6. The summed E-state index contributed by atoms with van der Waals surface area (Å²) in [6.07, 6.45) is 0.482. The number of amidine groups is 1. The van der Waals surface area contributed by atoms with Crippen molar-refractivity contribution in [2.75, 3.05) is 35.7 Å². The molecule has 0 saturated carbocycles. The molecule has 0 bridgehead atoms. The maximum absolute atomic E-state index is 13.4. The third-order valence-electron chi connectivity index (χ3n) is 6.42. The quantitative estimate of drug-likeness (QED) is 0.0485. The highest BCUT2D eigenvalue weighted by Gasteiger charge is 2.18. The van der Waals surface area contributed by atoms with Gasteiger partial charge in [-0.2, -0.15) is 0 Å². The van der Waals surface area contributed by atoms with E-state index in [2.05, 4.69) is 21.1 Å². The normalized spacial score (nSPS) is 11.3. The van der Waals surface area contributed by atoms with Crippen molar-refractivity contribution in [3.63, 3.8) is 0 Å². The molecule has 0 atom stereocenters. The SMILES string of the molecule is CCOC(=O)CCc1c(CNc2ccc(C)cc2C(=O)Nc2ccc(/C(N)=N/O)cc2)cc(NCCO)cc1OC(C)C. The molecule has 0 unspecified atom stereocenters. The van der Waals surface area contributed by atoms with Crippen LogP contribution in [0.15, 0.2) is 59.8 Å². The van der Waals surface area contributed by atoms with E-state index in [9.17, 15) is 14.7 Å². The minimum atomic E-state index is -0.313. The molecule has 11 heteroatoms. The molecule has 11 nitrogen and oxygen atoms in total. The molecule has 0 saturated heterocycles. The molecule has 0 spiro atoms. The van der Waals surface area contributed by atoms with Crippen LogP contribution < -0.4 is 26.4 Å². The second kappa shape index (κ2) is 16.0. The van der Waals surface area contributed by atoms with Gasteiger partial charge >= 0.3 is 5.97 Å². The topological polar surface area (TPSA) is 168 Å². The first-order chi connectivity index (χ1) is 20.6. The van der Waals surface area contributed by atoms with Crippen molar-refractivity contribution in [3.8, 4) is 5.75 Å². The molecule has 1 amide bonds. The summed E-state index contributed by atoms with van der Waals surface area (Å²) in [6.45, 7) is 8.51. The summed E-state index contributed by atoms with van der Waals surface area (Å²) in [7, 11) is 0. The van der Waals surface area contributed by atoms with Crippen LogP contribution in [0.5, 0.6) is 5.75 Å². The van der Waals surface area contributed by atoms with E-state index in [4.69, 9.17) is 20.4 Å². The molecule has 0 heterocycles. The number of aliphatic hydroxyl groups excluding tert-OH is 1. The van der Waals surface area contributed by atoms with Gasteiger partial charge < -0.3 is 41.5 Å². The Kier molecular flexibility index (Phi) is 12.2. The summed E-state index contributed by atoms with van der Waals surface area (Å²) in [4.78, 5) is 25.6. The predicted octanol–water partition coefficient (Wildman–Crippen LogP) is 4.64. The Morgan fingerprint density at radius 3 is 2.42 bits per heavy atom. The molecule has 0 aliphatic heterocycles. The van der Waals surface area contributed by atoms with Gasteiger partial charge in [-0.1, -0.05) is 16.8 Å². The number of amides is 1. The van der Waals surface area contributed by atoms with E-state index in [0.29, 0.717) is 54.4 Å². The lowest BCUT2D eigenvalue weighted by atomic mass is 9.99. The van der Waals surface area contributed by atoms with Gasteiger partial charge in [0.15, 0.2) is 5.84 Å². The number of aliphatic hydroxyl groups is 1. The van der Waals surface area contributed by atoms with Crippen LogP contribution in [-0.2, 0) is 22.5 Å². The number of benzene rings is 3. The maximum atomic E-state index is 13.4. The first-order valence-corrected chi connectivity index (χ1v) is 14.2. The minimum Gasteiger partial charge on any atom is -0.491 e. The fraction of sp³-hybridized carbons (Fsp3) is 0.344. The van der Waals surface area contributed by atoms with Crippen LogP contribution in [0.1, 0.15) is 59.8 Å². The van der Waals surface area contributed by atoms with Gasteiger partial charge in [0.05, 0.1) is 24.9 Å². The highest BCUT2D eigenvalue weighted by molar-refractivity contribution is 6.08.